The fourth-order valence-corrected chi connectivity index (χ4v) is 14.3. The minimum absolute atomic E-state index is 0.0146. The van der Waals surface area contributed by atoms with E-state index in [4.69, 9.17) is 14.0 Å². The first-order chi connectivity index (χ1) is 31.5. The average Bonchev–Trinajstić information content (AvgIpc) is 3.97. The van der Waals surface area contributed by atoms with Gasteiger partial charge in [-0.05, 0) is 98.6 Å². The molecular formula is C54H51O8S3+. The first kappa shape index (κ1) is 46.9. The number of carbonyl (C=O) groups excluding carboxylic acids is 1. The van der Waals surface area contributed by atoms with Gasteiger partial charge in [-0.1, -0.05) is 140 Å². The van der Waals surface area contributed by atoms with E-state index < -0.39 is 27.9 Å². The van der Waals surface area contributed by atoms with Gasteiger partial charge in [0.05, 0.1) is 32.6 Å². The van der Waals surface area contributed by atoms with Crippen LogP contribution in [0.2, 0.25) is 0 Å². The first-order valence-electron chi connectivity index (χ1n) is 21.5. The normalized spacial score (nSPS) is 19.4. The number of ether oxygens (including phenoxy) is 1. The number of aryl methyl sites for hydroxylation is 1. The molecule has 1 heterocycles. The van der Waals surface area contributed by atoms with Crippen molar-refractivity contribution in [2.24, 2.45) is 11.8 Å². The number of para-hydroxylation sites is 1. The van der Waals surface area contributed by atoms with Crippen LogP contribution >= 0.6 is 0 Å². The van der Waals surface area contributed by atoms with Gasteiger partial charge >= 0.3 is 11.9 Å². The van der Waals surface area contributed by atoms with E-state index in [0.29, 0.717) is 12.8 Å². The van der Waals surface area contributed by atoms with Gasteiger partial charge in [0, 0.05) is 18.3 Å². The molecular weight excluding hydrogens is 873 g/mol. The zero-order valence-electron chi connectivity index (χ0n) is 36.1. The molecule has 1 aliphatic heterocycles. The summed E-state index contributed by atoms with van der Waals surface area (Å²) in [7, 11) is -3.44. The van der Waals surface area contributed by atoms with E-state index >= 15 is 0 Å². The van der Waals surface area contributed by atoms with Gasteiger partial charge < -0.3 is 14.9 Å². The van der Waals surface area contributed by atoms with Gasteiger partial charge in [-0.25, -0.2) is 4.79 Å². The summed E-state index contributed by atoms with van der Waals surface area (Å²) >= 11 is 0. The average molecular weight is 924 g/mol. The molecule has 1 N–H and O–H groups in total. The van der Waals surface area contributed by atoms with Crippen molar-refractivity contribution in [2.45, 2.75) is 79.9 Å². The Bertz CT molecular complexity index is 2570. The molecule has 3 fully saturated rings. The molecule has 0 spiro atoms. The van der Waals surface area contributed by atoms with E-state index in [0.717, 1.165) is 6.42 Å². The van der Waals surface area contributed by atoms with E-state index in [1.807, 2.05) is 0 Å². The van der Waals surface area contributed by atoms with Crippen LogP contribution in [0.15, 0.2) is 230 Å². The number of carboxylic acid groups (broad SMARTS) is 1. The van der Waals surface area contributed by atoms with Gasteiger partial charge in [0.25, 0.3) is 10.1 Å². The molecule has 0 radical (unpaired) electrons. The summed E-state index contributed by atoms with van der Waals surface area (Å²) < 4.78 is 33.6. The highest BCUT2D eigenvalue weighted by molar-refractivity contribution is 7.97. The molecule has 3 aliphatic rings. The fraction of sp³-hybridized carbons (Fsp3) is 0.185. The highest BCUT2D eigenvalue weighted by Gasteiger charge is 2.65. The summed E-state index contributed by atoms with van der Waals surface area (Å²) in [6.45, 7) is 3.86. The van der Waals surface area contributed by atoms with Crippen molar-refractivity contribution >= 4 is 43.8 Å². The lowest BCUT2D eigenvalue weighted by molar-refractivity contribution is -0.268. The molecule has 0 aromatic heterocycles. The molecule has 2 aliphatic carbocycles. The lowest BCUT2D eigenvalue weighted by Gasteiger charge is -2.24. The van der Waals surface area contributed by atoms with Crippen molar-refractivity contribution in [3.8, 4) is 5.75 Å². The Labute approximate surface area is 387 Å². The Balaban J connectivity index is 0.000000133. The molecule has 7 aromatic carbocycles. The number of benzene rings is 7. The van der Waals surface area contributed by atoms with Gasteiger partial charge in [-0.3, -0.25) is 8.98 Å². The van der Waals surface area contributed by atoms with Crippen LogP contribution in [0.5, 0.6) is 5.75 Å². The topological polar surface area (TPSA) is 130 Å². The second-order valence-corrected chi connectivity index (χ2v) is 21.4. The molecule has 332 valence electrons. The van der Waals surface area contributed by atoms with Crippen molar-refractivity contribution in [1.29, 1.82) is 0 Å². The molecule has 10 rings (SSSR count). The molecule has 11 heteroatoms. The molecule has 8 nitrogen and oxygen atoms in total. The first-order valence-corrected chi connectivity index (χ1v) is 25.4. The van der Waals surface area contributed by atoms with Gasteiger partial charge in [0.15, 0.2) is 29.4 Å². The molecule has 0 amide bonds. The predicted octanol–water partition coefficient (Wildman–Crippen LogP) is 10.8. The Morgan fingerprint density at radius 2 is 0.985 bits per heavy atom. The van der Waals surface area contributed by atoms with E-state index in [2.05, 4.69) is 183 Å². The van der Waals surface area contributed by atoms with E-state index in [1.54, 1.807) is 6.92 Å². The fourth-order valence-electron chi connectivity index (χ4n) is 8.20. The number of rotatable bonds is 9. The van der Waals surface area contributed by atoms with E-state index in [1.165, 1.54) is 59.2 Å². The maximum atomic E-state index is 11.6. The number of aromatic carboxylic acids is 1. The minimum Gasteiger partial charge on any atom is -0.872 e. The summed E-state index contributed by atoms with van der Waals surface area (Å²) in [6, 6.07) is 68.1. The van der Waals surface area contributed by atoms with Crippen LogP contribution in [-0.4, -0.2) is 42.9 Å². The number of hydrogen-bond acceptors (Lipinski definition) is 7. The number of fused-ring (bicyclic) bond motifs is 1. The monoisotopic (exact) mass is 923 g/mol. The molecule has 1 saturated heterocycles. The largest absolute Gasteiger partial charge is 0.872 e. The third-order valence-corrected chi connectivity index (χ3v) is 17.5. The zero-order chi connectivity index (χ0) is 45.8. The molecule has 2 bridgehead atoms. The van der Waals surface area contributed by atoms with Gasteiger partial charge in [-0.15, -0.1) is 0 Å². The van der Waals surface area contributed by atoms with Crippen molar-refractivity contribution < 1.29 is 37.1 Å². The van der Waals surface area contributed by atoms with Crippen LogP contribution in [0.4, 0.5) is 0 Å². The third kappa shape index (κ3) is 11.8. The van der Waals surface area contributed by atoms with E-state index in [-0.39, 0.29) is 56.5 Å². The van der Waals surface area contributed by atoms with Gasteiger partial charge in [0.2, 0.25) is 0 Å². The summed E-state index contributed by atoms with van der Waals surface area (Å²) in [6.07, 6.45) is 0.966. The highest BCUT2D eigenvalue weighted by Crippen LogP contribution is 2.55. The second kappa shape index (κ2) is 22.2. The van der Waals surface area contributed by atoms with Crippen LogP contribution in [0.25, 0.3) is 0 Å². The summed E-state index contributed by atoms with van der Waals surface area (Å²) in [5, 5.41) is 18.7. The molecule has 5 unspecified atom stereocenters. The molecule has 7 aromatic rings. The van der Waals surface area contributed by atoms with Crippen LogP contribution in [0, 0.1) is 18.8 Å². The van der Waals surface area contributed by atoms with Crippen molar-refractivity contribution in [1.82, 2.24) is 0 Å². The number of esters is 1. The summed E-state index contributed by atoms with van der Waals surface area (Å²) in [5.41, 5.74) is 1.13. The van der Waals surface area contributed by atoms with Crippen molar-refractivity contribution in [2.75, 3.05) is 0 Å². The van der Waals surface area contributed by atoms with E-state index in [9.17, 15) is 23.1 Å². The number of carbonyl (C=O) groups is 2. The van der Waals surface area contributed by atoms with Crippen LogP contribution in [0.1, 0.15) is 42.1 Å². The van der Waals surface area contributed by atoms with Gasteiger partial charge in [0.1, 0.15) is 12.2 Å². The van der Waals surface area contributed by atoms with Crippen molar-refractivity contribution in [3.63, 3.8) is 0 Å². The predicted molar refractivity (Wildman–Crippen MR) is 255 cm³/mol. The van der Waals surface area contributed by atoms with Gasteiger partial charge in [-0.2, -0.15) is 8.42 Å². The Hall–Kier alpha value is -6.11. The molecule has 65 heavy (non-hydrogen) atoms. The summed E-state index contributed by atoms with van der Waals surface area (Å²) in [5.74, 6) is -1.68. The Morgan fingerprint density at radius 3 is 1.35 bits per heavy atom. The minimum atomic E-state index is -3.40. The lowest BCUT2D eigenvalue weighted by Crippen LogP contribution is -2.37. The van der Waals surface area contributed by atoms with Crippen LogP contribution in [0.3, 0.4) is 0 Å². The van der Waals surface area contributed by atoms with Crippen LogP contribution in [-0.2, 0) is 45.6 Å². The number of hydrogen-bond donors (Lipinski definition) is 1. The standard InChI is InChI=1S/C19H17S.C18H15S.C10H14O5S.C7H6O3/c1-16-12-14-19(15-13-16)20(17-8-4-2-5-9-17)18-10-6-3-7-11-18;1-4-10-16(11-5-1)19(17-12-6-2-7-13-17)18-14-8-3-9-15-18;1-2-8(11)14-9-5-3-6-7(4-5)16(12,13)15-10(6)9;8-6-4-2-1-3-5(6)7(9)10/h2-15H,1H3;1-15H;5-7,9-10H,2-4H2,1H3;1-4,8H,(H,9,10)/q2*+1;;/p-1. The molecule has 5 atom stereocenters. The summed E-state index contributed by atoms with van der Waals surface area (Å²) in [4.78, 5) is 29.7. The smallest absolute Gasteiger partial charge is 0.335 e. The number of carboxylic acids is 1. The maximum Gasteiger partial charge on any atom is 0.335 e. The SMILES string of the molecule is CCC(=O)OC1C2CC3C1OS(=O)(=O)C3C2.Cc1ccc([S+](c2ccccc2)c2ccccc2)cc1.O=C(O)c1ccccc1[O-].c1ccc([S+](c2ccccc2)c2ccccc2)cc1. The third-order valence-electron chi connectivity index (χ3n) is 11.2. The zero-order valence-corrected chi connectivity index (χ0v) is 38.5. The quantitative estimate of drug-likeness (QED) is 0.0861. The lowest BCUT2D eigenvalue weighted by atomic mass is 9.94. The van der Waals surface area contributed by atoms with Crippen molar-refractivity contribution in [3.05, 3.63) is 211 Å². The Kier molecular flexibility index (Phi) is 16.0. The maximum absolute atomic E-state index is 11.6. The highest BCUT2D eigenvalue weighted by atomic mass is 32.2. The second-order valence-electron chi connectivity index (χ2n) is 15.6. The molecule has 2 saturated carbocycles. The van der Waals surface area contributed by atoms with Crippen LogP contribution < -0.4 is 5.11 Å². The Morgan fingerprint density at radius 1 is 0.600 bits per heavy atom.